The maximum Gasteiger partial charge on any atom is 0.148 e. The molecule has 0 radical (unpaired) electrons. The largest absolute Gasteiger partial charge is 0.455 e. The van der Waals surface area contributed by atoms with Crippen molar-refractivity contribution < 1.29 is 8.81 Å². The molecule has 2 nitrogen and oxygen atoms in total. The van der Waals surface area contributed by atoms with Crippen LogP contribution in [0, 0.1) is 9.39 Å². The summed E-state index contributed by atoms with van der Waals surface area (Å²) in [6, 6.07) is 11.0. The molecule has 2 aliphatic rings. The van der Waals surface area contributed by atoms with E-state index < -0.39 is 0 Å². The Morgan fingerprint density at radius 2 is 1.88 bits per heavy atom. The fourth-order valence-electron chi connectivity index (χ4n) is 3.94. The van der Waals surface area contributed by atoms with Crippen molar-refractivity contribution in [1.82, 2.24) is 0 Å². The first kappa shape index (κ1) is 14.8. The van der Waals surface area contributed by atoms with Crippen molar-refractivity contribution in [2.24, 2.45) is 0 Å². The second-order valence-electron chi connectivity index (χ2n) is 6.96. The third kappa shape index (κ3) is 2.19. The van der Waals surface area contributed by atoms with Crippen LogP contribution >= 0.6 is 22.6 Å². The van der Waals surface area contributed by atoms with E-state index in [1.807, 2.05) is 0 Å². The van der Waals surface area contributed by atoms with Crippen molar-refractivity contribution in [2.75, 3.05) is 11.9 Å². The fraction of sp³-hybridized carbons (Fsp3) is 0.300. The van der Waals surface area contributed by atoms with Crippen LogP contribution in [-0.4, -0.2) is 6.54 Å². The van der Waals surface area contributed by atoms with Gasteiger partial charge in [0.1, 0.15) is 17.2 Å². The highest BCUT2D eigenvalue weighted by Gasteiger charge is 2.46. The number of anilines is 1. The Hall–Kier alpha value is -1.56. The first-order valence-electron chi connectivity index (χ1n) is 8.43. The molecule has 1 aliphatic carbocycles. The van der Waals surface area contributed by atoms with Crippen molar-refractivity contribution in [3.63, 3.8) is 0 Å². The molecule has 0 bridgehead atoms. The zero-order valence-corrected chi connectivity index (χ0v) is 15.3. The van der Waals surface area contributed by atoms with Gasteiger partial charge >= 0.3 is 0 Å². The number of hydrogen-bond donors (Lipinski definition) is 1. The molecule has 1 aliphatic heterocycles. The first-order valence-corrected chi connectivity index (χ1v) is 9.51. The third-order valence-corrected chi connectivity index (χ3v) is 6.52. The van der Waals surface area contributed by atoms with Gasteiger partial charge in [0.05, 0.1) is 3.57 Å². The van der Waals surface area contributed by atoms with Gasteiger partial charge in [-0.05, 0) is 89.6 Å². The summed E-state index contributed by atoms with van der Waals surface area (Å²) in [7, 11) is 0. The van der Waals surface area contributed by atoms with Crippen LogP contribution in [0.3, 0.4) is 0 Å². The lowest BCUT2D eigenvalue weighted by Crippen LogP contribution is -2.05. The molecule has 3 aromatic rings. The van der Waals surface area contributed by atoms with E-state index in [4.69, 9.17) is 4.42 Å². The van der Waals surface area contributed by atoms with E-state index in [0.717, 1.165) is 27.0 Å². The van der Waals surface area contributed by atoms with Crippen LogP contribution in [0.5, 0.6) is 0 Å². The van der Waals surface area contributed by atoms with E-state index in [1.165, 1.54) is 54.5 Å². The molecular weight excluding hydrogens is 416 g/mol. The van der Waals surface area contributed by atoms with Crippen molar-refractivity contribution in [3.8, 4) is 11.3 Å². The van der Waals surface area contributed by atoms with Gasteiger partial charge in [-0.1, -0.05) is 0 Å². The minimum absolute atomic E-state index is 0.226. The molecule has 1 spiro atoms. The number of rotatable bonds is 1. The van der Waals surface area contributed by atoms with Gasteiger partial charge in [0, 0.05) is 29.2 Å². The molecule has 122 valence electrons. The molecule has 0 saturated heterocycles. The lowest BCUT2D eigenvalue weighted by Gasteiger charge is -2.15. The van der Waals surface area contributed by atoms with Crippen LogP contribution in [0.4, 0.5) is 10.1 Å². The van der Waals surface area contributed by atoms with Crippen LogP contribution in [0.2, 0.25) is 0 Å². The number of nitrogens with one attached hydrogen (secondary N) is 1. The topological polar surface area (TPSA) is 25.2 Å². The summed E-state index contributed by atoms with van der Waals surface area (Å²) >= 11 is 2.35. The molecule has 1 N–H and O–H groups in total. The number of halogens is 2. The van der Waals surface area contributed by atoms with Gasteiger partial charge in [0.2, 0.25) is 0 Å². The minimum Gasteiger partial charge on any atom is -0.455 e. The summed E-state index contributed by atoms with van der Waals surface area (Å²) in [4.78, 5) is 0. The summed E-state index contributed by atoms with van der Waals surface area (Å²) < 4.78 is 20.5. The Labute approximate surface area is 153 Å². The highest BCUT2D eigenvalue weighted by Crippen LogP contribution is 2.56. The molecule has 1 fully saturated rings. The van der Waals surface area contributed by atoms with Gasteiger partial charge in [-0.3, -0.25) is 0 Å². The van der Waals surface area contributed by atoms with Crippen LogP contribution < -0.4 is 5.32 Å². The summed E-state index contributed by atoms with van der Waals surface area (Å²) in [6.45, 7) is 1.03. The maximum atomic E-state index is 13.2. The fourth-order valence-corrected chi connectivity index (χ4v) is 4.78. The Bertz CT molecular complexity index is 940. The number of hydrogen-bond acceptors (Lipinski definition) is 2. The first-order chi connectivity index (χ1) is 11.7. The van der Waals surface area contributed by atoms with Gasteiger partial charge in [-0.2, -0.15) is 0 Å². The third-order valence-electron chi connectivity index (χ3n) is 5.45. The summed E-state index contributed by atoms with van der Waals surface area (Å²) in [5, 5.41) is 4.75. The van der Waals surface area contributed by atoms with Crippen molar-refractivity contribution in [1.29, 1.82) is 0 Å². The van der Waals surface area contributed by atoms with Crippen molar-refractivity contribution in [3.05, 3.63) is 51.3 Å². The van der Waals surface area contributed by atoms with Gasteiger partial charge < -0.3 is 9.73 Å². The van der Waals surface area contributed by atoms with E-state index in [9.17, 15) is 4.39 Å². The van der Waals surface area contributed by atoms with Crippen LogP contribution in [0.25, 0.3) is 22.3 Å². The highest BCUT2D eigenvalue weighted by molar-refractivity contribution is 14.1. The second-order valence-corrected chi connectivity index (χ2v) is 8.04. The normalized spacial score (nSPS) is 18.2. The molecular formula is C20H17FINO. The standard InChI is InChI=1S/C20H17FINO/c21-13-4-2-12(3-5-13)19-18(22)14-10-15-16(11-17(14)24-19)23-9-1-6-20(15)7-8-20/h2-5,10-11,23H,1,6-9H2. The highest BCUT2D eigenvalue weighted by atomic mass is 127. The molecule has 2 aromatic carbocycles. The molecule has 0 unspecified atom stereocenters. The van der Waals surface area contributed by atoms with Crippen molar-refractivity contribution in [2.45, 2.75) is 31.1 Å². The summed E-state index contributed by atoms with van der Waals surface area (Å²) in [5.74, 6) is 0.604. The predicted molar refractivity (Wildman–Crippen MR) is 103 cm³/mol. The summed E-state index contributed by atoms with van der Waals surface area (Å²) in [6.07, 6.45) is 5.10. The molecule has 2 heterocycles. The Kier molecular flexibility index (Phi) is 3.21. The Morgan fingerprint density at radius 1 is 1.08 bits per heavy atom. The molecule has 1 aromatic heterocycles. The lowest BCUT2D eigenvalue weighted by atomic mass is 9.90. The maximum absolute atomic E-state index is 13.2. The van der Waals surface area contributed by atoms with E-state index in [2.05, 4.69) is 40.0 Å². The van der Waals surface area contributed by atoms with Gasteiger partial charge in [-0.15, -0.1) is 0 Å². The zero-order chi connectivity index (χ0) is 16.3. The smallest absolute Gasteiger partial charge is 0.148 e. The van der Waals surface area contributed by atoms with Crippen LogP contribution in [-0.2, 0) is 5.41 Å². The minimum atomic E-state index is -0.226. The van der Waals surface area contributed by atoms with Gasteiger partial charge in [0.25, 0.3) is 0 Å². The second kappa shape index (κ2) is 5.22. The van der Waals surface area contributed by atoms with Crippen LogP contribution in [0.15, 0.2) is 40.8 Å². The van der Waals surface area contributed by atoms with Gasteiger partial charge in [0.15, 0.2) is 0 Å². The Balaban J connectivity index is 1.71. The number of furan rings is 1. The molecule has 1 saturated carbocycles. The average molecular weight is 433 g/mol. The van der Waals surface area contributed by atoms with E-state index >= 15 is 0 Å². The van der Waals surface area contributed by atoms with E-state index in [0.29, 0.717) is 5.41 Å². The van der Waals surface area contributed by atoms with E-state index in [1.54, 1.807) is 12.1 Å². The zero-order valence-electron chi connectivity index (χ0n) is 13.2. The average Bonchev–Trinajstić information content (AvgIpc) is 3.34. The molecule has 24 heavy (non-hydrogen) atoms. The van der Waals surface area contributed by atoms with Gasteiger partial charge in [-0.25, -0.2) is 4.39 Å². The van der Waals surface area contributed by atoms with E-state index in [-0.39, 0.29) is 5.82 Å². The lowest BCUT2D eigenvalue weighted by molar-refractivity contribution is 0.611. The molecule has 4 heteroatoms. The molecule has 0 amide bonds. The predicted octanol–water partition coefficient (Wildman–Crippen LogP) is 6.08. The monoisotopic (exact) mass is 433 g/mol. The summed E-state index contributed by atoms with van der Waals surface area (Å²) in [5.41, 5.74) is 4.90. The SMILES string of the molecule is Fc1ccc(-c2oc3cc4c(cc3c2I)C2(CCCN4)CC2)cc1. The number of benzene rings is 2. The quantitative estimate of drug-likeness (QED) is 0.471. The number of fused-ring (bicyclic) bond motifs is 3. The Morgan fingerprint density at radius 3 is 2.62 bits per heavy atom. The molecule has 0 atom stereocenters. The van der Waals surface area contributed by atoms with Crippen LogP contribution in [0.1, 0.15) is 31.2 Å². The molecule has 5 rings (SSSR count). The van der Waals surface area contributed by atoms with Crippen molar-refractivity contribution >= 4 is 39.2 Å².